The maximum atomic E-state index is 10.2. The van der Waals surface area contributed by atoms with Gasteiger partial charge in [-0.25, -0.2) is 4.68 Å². The molecule has 2 heterocycles. The van der Waals surface area contributed by atoms with Crippen molar-refractivity contribution in [1.29, 1.82) is 0 Å². The van der Waals surface area contributed by atoms with E-state index in [-0.39, 0.29) is 6.79 Å². The molecule has 0 fully saturated rings. The highest BCUT2D eigenvalue weighted by molar-refractivity contribution is 5.46. The van der Waals surface area contributed by atoms with Crippen molar-refractivity contribution in [2.24, 2.45) is 7.05 Å². The fraction of sp³-hybridized carbons (Fsp3) is 0.273. The summed E-state index contributed by atoms with van der Waals surface area (Å²) in [4.78, 5) is 0. The quantitative estimate of drug-likeness (QED) is 0.823. The summed E-state index contributed by atoms with van der Waals surface area (Å²) in [6, 6.07) is 5.34. The lowest BCUT2D eigenvalue weighted by Gasteiger charge is -2.10. The zero-order valence-corrected chi connectivity index (χ0v) is 9.20. The number of aliphatic hydroxyl groups is 1. The molecule has 0 aliphatic carbocycles. The first-order valence-electron chi connectivity index (χ1n) is 5.18. The van der Waals surface area contributed by atoms with Crippen LogP contribution in [0.5, 0.6) is 11.5 Å². The monoisotopic (exact) mass is 233 g/mol. The highest BCUT2D eigenvalue weighted by Gasteiger charge is 2.19. The zero-order valence-electron chi connectivity index (χ0n) is 9.20. The average Bonchev–Trinajstić information content (AvgIpc) is 2.95. The molecule has 1 aromatic carbocycles. The molecule has 17 heavy (non-hydrogen) atoms. The van der Waals surface area contributed by atoms with Gasteiger partial charge in [0.1, 0.15) is 6.10 Å². The topological polar surface area (TPSA) is 69.4 Å². The maximum absolute atomic E-state index is 10.2. The number of fused-ring (bicyclic) bond motifs is 1. The largest absolute Gasteiger partial charge is 0.454 e. The zero-order chi connectivity index (χ0) is 11.8. The first-order chi connectivity index (χ1) is 8.25. The van der Waals surface area contributed by atoms with E-state index in [1.54, 1.807) is 25.2 Å². The van der Waals surface area contributed by atoms with Crippen molar-refractivity contribution in [1.82, 2.24) is 15.0 Å². The molecule has 6 nitrogen and oxygen atoms in total. The predicted molar refractivity (Wildman–Crippen MR) is 57.6 cm³/mol. The highest BCUT2D eigenvalue weighted by Crippen LogP contribution is 2.35. The summed E-state index contributed by atoms with van der Waals surface area (Å²) in [5.74, 6) is 1.35. The van der Waals surface area contributed by atoms with E-state index in [1.807, 2.05) is 0 Å². The summed E-state index contributed by atoms with van der Waals surface area (Å²) >= 11 is 0. The summed E-state index contributed by atoms with van der Waals surface area (Å²) in [7, 11) is 1.73. The van der Waals surface area contributed by atoms with Crippen LogP contribution in [0.2, 0.25) is 0 Å². The minimum Gasteiger partial charge on any atom is -0.454 e. The van der Waals surface area contributed by atoms with Gasteiger partial charge < -0.3 is 14.6 Å². The third kappa shape index (κ3) is 1.62. The second kappa shape index (κ2) is 3.74. The second-order valence-electron chi connectivity index (χ2n) is 3.80. The van der Waals surface area contributed by atoms with Gasteiger partial charge in [-0.1, -0.05) is 11.3 Å². The van der Waals surface area contributed by atoms with Crippen LogP contribution in [0.4, 0.5) is 0 Å². The Bertz CT molecular complexity index is 553. The number of rotatable bonds is 2. The molecule has 0 saturated heterocycles. The Morgan fingerprint density at radius 3 is 2.94 bits per heavy atom. The van der Waals surface area contributed by atoms with Gasteiger partial charge in [-0.3, -0.25) is 0 Å². The van der Waals surface area contributed by atoms with Gasteiger partial charge in [-0.05, 0) is 17.7 Å². The van der Waals surface area contributed by atoms with Crippen LogP contribution in [-0.4, -0.2) is 26.9 Å². The number of hydrogen-bond acceptors (Lipinski definition) is 5. The number of aliphatic hydroxyl groups excluding tert-OH is 1. The fourth-order valence-electron chi connectivity index (χ4n) is 1.80. The van der Waals surface area contributed by atoms with Crippen molar-refractivity contribution < 1.29 is 14.6 Å². The fourth-order valence-corrected chi connectivity index (χ4v) is 1.80. The Labute approximate surface area is 97.4 Å². The molecule has 1 atom stereocenters. The van der Waals surface area contributed by atoms with Crippen LogP contribution >= 0.6 is 0 Å². The molecular formula is C11H11N3O3. The molecule has 0 bridgehead atoms. The van der Waals surface area contributed by atoms with E-state index < -0.39 is 6.10 Å². The summed E-state index contributed by atoms with van der Waals surface area (Å²) in [5, 5.41) is 17.7. The minimum atomic E-state index is -0.774. The lowest BCUT2D eigenvalue weighted by Crippen LogP contribution is -2.06. The molecule has 88 valence electrons. The first kappa shape index (κ1) is 10.1. The van der Waals surface area contributed by atoms with Crippen LogP contribution in [0.25, 0.3) is 0 Å². The summed E-state index contributed by atoms with van der Waals surface area (Å²) < 4.78 is 12.0. The van der Waals surface area contributed by atoms with Gasteiger partial charge in [0.15, 0.2) is 11.5 Å². The van der Waals surface area contributed by atoms with Gasteiger partial charge in [0, 0.05) is 7.05 Å². The molecule has 1 N–H and O–H groups in total. The Morgan fingerprint density at radius 1 is 1.35 bits per heavy atom. The van der Waals surface area contributed by atoms with Gasteiger partial charge in [0.05, 0.1) is 11.9 Å². The third-order valence-electron chi connectivity index (χ3n) is 2.74. The number of benzene rings is 1. The number of nitrogens with zero attached hydrogens (tertiary/aromatic N) is 3. The number of hydrogen-bond donors (Lipinski definition) is 1. The van der Waals surface area contributed by atoms with Crippen molar-refractivity contribution in [3.63, 3.8) is 0 Å². The van der Waals surface area contributed by atoms with E-state index in [9.17, 15) is 5.11 Å². The first-order valence-corrected chi connectivity index (χ1v) is 5.18. The Kier molecular flexibility index (Phi) is 2.22. The van der Waals surface area contributed by atoms with Crippen molar-refractivity contribution in [2.75, 3.05) is 6.79 Å². The van der Waals surface area contributed by atoms with Gasteiger partial charge in [0.2, 0.25) is 6.79 Å². The average molecular weight is 233 g/mol. The number of aromatic nitrogens is 3. The normalized spacial score (nSPS) is 14.9. The smallest absolute Gasteiger partial charge is 0.231 e. The maximum Gasteiger partial charge on any atom is 0.231 e. The van der Waals surface area contributed by atoms with Crippen LogP contribution < -0.4 is 9.47 Å². The number of aryl methyl sites for hydroxylation is 1. The van der Waals surface area contributed by atoms with Crippen molar-refractivity contribution in [3.8, 4) is 11.5 Å². The molecule has 6 heteroatoms. The van der Waals surface area contributed by atoms with Crippen molar-refractivity contribution in [3.05, 3.63) is 35.7 Å². The Balaban J connectivity index is 1.97. The van der Waals surface area contributed by atoms with Gasteiger partial charge in [-0.15, -0.1) is 5.10 Å². The summed E-state index contributed by atoms with van der Waals surface area (Å²) in [6.45, 7) is 0.224. The standard InChI is InChI=1S/C11H11N3O3/c1-14-8(5-12-13-14)11(15)7-2-3-9-10(4-7)17-6-16-9/h2-5,11,15H,6H2,1H3/t11-/m0/s1. The van der Waals surface area contributed by atoms with E-state index in [4.69, 9.17) is 9.47 Å². The SMILES string of the molecule is Cn1nncc1[C@@H](O)c1ccc2c(c1)OCO2. The molecule has 0 spiro atoms. The Morgan fingerprint density at radius 2 is 2.18 bits per heavy atom. The number of ether oxygens (including phenoxy) is 2. The van der Waals surface area contributed by atoms with Gasteiger partial charge in [-0.2, -0.15) is 0 Å². The Hall–Kier alpha value is -2.08. The van der Waals surface area contributed by atoms with E-state index in [1.165, 1.54) is 10.9 Å². The van der Waals surface area contributed by atoms with Crippen molar-refractivity contribution in [2.45, 2.75) is 6.10 Å². The summed E-state index contributed by atoms with van der Waals surface area (Å²) in [5.41, 5.74) is 1.35. The molecular weight excluding hydrogens is 222 g/mol. The molecule has 0 radical (unpaired) electrons. The molecule has 1 aromatic heterocycles. The molecule has 0 saturated carbocycles. The van der Waals surface area contributed by atoms with Gasteiger partial charge >= 0.3 is 0 Å². The molecule has 2 aromatic rings. The van der Waals surface area contributed by atoms with Crippen LogP contribution in [0.1, 0.15) is 17.4 Å². The van der Waals surface area contributed by atoms with Gasteiger partial charge in [0.25, 0.3) is 0 Å². The van der Waals surface area contributed by atoms with E-state index in [0.29, 0.717) is 17.2 Å². The van der Waals surface area contributed by atoms with E-state index in [0.717, 1.165) is 5.56 Å². The molecule has 1 aliphatic heterocycles. The molecule has 3 rings (SSSR count). The summed E-state index contributed by atoms with van der Waals surface area (Å²) in [6.07, 6.45) is 0.763. The van der Waals surface area contributed by atoms with Crippen LogP contribution in [-0.2, 0) is 7.05 Å². The van der Waals surface area contributed by atoms with Crippen LogP contribution in [0, 0.1) is 0 Å². The predicted octanol–water partition coefficient (Wildman–Crippen LogP) is 0.625. The second-order valence-corrected chi connectivity index (χ2v) is 3.80. The third-order valence-corrected chi connectivity index (χ3v) is 2.74. The minimum absolute atomic E-state index is 0.224. The van der Waals surface area contributed by atoms with E-state index >= 15 is 0 Å². The lowest BCUT2D eigenvalue weighted by atomic mass is 10.1. The van der Waals surface area contributed by atoms with Crippen LogP contribution in [0.15, 0.2) is 24.4 Å². The van der Waals surface area contributed by atoms with Crippen molar-refractivity contribution >= 4 is 0 Å². The highest BCUT2D eigenvalue weighted by atomic mass is 16.7. The van der Waals surface area contributed by atoms with Crippen LogP contribution in [0.3, 0.4) is 0 Å². The molecule has 0 amide bonds. The van der Waals surface area contributed by atoms with E-state index in [2.05, 4.69) is 10.3 Å². The molecule has 1 aliphatic rings. The molecule has 0 unspecified atom stereocenters. The lowest BCUT2D eigenvalue weighted by molar-refractivity contribution is 0.173.